The molecule has 0 aliphatic rings. The molecule has 0 heterocycles. The number of esters is 1. The second kappa shape index (κ2) is 6.10. The lowest BCUT2D eigenvalue weighted by Crippen LogP contribution is -2.24. The Morgan fingerprint density at radius 1 is 1.24 bits per heavy atom. The standard InChI is InChI=1S/C12H16O5/c1-15-10-5-4-8(7-11(10)16-2)6-9(13)12(14)17-3/h4-5,7,9,13H,6H2,1-3H3/t9-/m1/s1. The summed E-state index contributed by atoms with van der Waals surface area (Å²) in [5.41, 5.74) is 0.764. The lowest BCUT2D eigenvalue weighted by atomic mass is 10.1. The van der Waals surface area contributed by atoms with Crippen molar-refractivity contribution in [3.05, 3.63) is 23.8 Å². The number of carbonyl (C=O) groups excluding carboxylic acids is 1. The Morgan fingerprint density at radius 3 is 2.41 bits per heavy atom. The van der Waals surface area contributed by atoms with Gasteiger partial charge in [0.1, 0.15) is 0 Å². The highest BCUT2D eigenvalue weighted by Gasteiger charge is 2.16. The van der Waals surface area contributed by atoms with Crippen molar-refractivity contribution in [2.75, 3.05) is 21.3 Å². The third-order valence-electron chi connectivity index (χ3n) is 2.35. The summed E-state index contributed by atoms with van der Waals surface area (Å²) < 4.78 is 14.6. The molecule has 5 heteroatoms. The molecule has 0 amide bonds. The second-order valence-corrected chi connectivity index (χ2v) is 3.43. The molecule has 0 radical (unpaired) electrons. The molecular formula is C12H16O5. The molecule has 0 aromatic heterocycles. The third-order valence-corrected chi connectivity index (χ3v) is 2.35. The first-order valence-electron chi connectivity index (χ1n) is 5.09. The van der Waals surface area contributed by atoms with Gasteiger partial charge in [0.2, 0.25) is 0 Å². The zero-order valence-corrected chi connectivity index (χ0v) is 10.1. The summed E-state index contributed by atoms with van der Waals surface area (Å²) in [5, 5.41) is 9.51. The van der Waals surface area contributed by atoms with E-state index in [2.05, 4.69) is 4.74 Å². The molecule has 0 saturated heterocycles. The zero-order chi connectivity index (χ0) is 12.8. The van der Waals surface area contributed by atoms with Gasteiger partial charge in [-0.15, -0.1) is 0 Å². The van der Waals surface area contributed by atoms with Crippen molar-refractivity contribution in [2.24, 2.45) is 0 Å². The van der Waals surface area contributed by atoms with Crippen molar-refractivity contribution >= 4 is 5.97 Å². The van der Waals surface area contributed by atoms with Crippen LogP contribution in [0.15, 0.2) is 18.2 Å². The number of rotatable bonds is 5. The average Bonchev–Trinajstić information content (AvgIpc) is 2.37. The van der Waals surface area contributed by atoms with Gasteiger partial charge in [0.05, 0.1) is 21.3 Å². The Kier molecular flexibility index (Phi) is 4.78. The van der Waals surface area contributed by atoms with E-state index in [0.717, 1.165) is 5.56 Å². The summed E-state index contributed by atoms with van der Waals surface area (Å²) in [7, 11) is 4.30. The van der Waals surface area contributed by atoms with Gasteiger partial charge in [-0.05, 0) is 17.7 Å². The molecular weight excluding hydrogens is 224 g/mol. The number of carbonyl (C=O) groups is 1. The van der Waals surface area contributed by atoms with Crippen molar-refractivity contribution in [3.8, 4) is 11.5 Å². The van der Waals surface area contributed by atoms with E-state index >= 15 is 0 Å². The number of aliphatic hydroxyl groups is 1. The van der Waals surface area contributed by atoms with E-state index in [1.54, 1.807) is 25.3 Å². The molecule has 1 N–H and O–H groups in total. The molecule has 1 aromatic carbocycles. The van der Waals surface area contributed by atoms with Gasteiger partial charge in [0.25, 0.3) is 0 Å². The summed E-state index contributed by atoms with van der Waals surface area (Å²) in [6, 6.07) is 5.19. The minimum Gasteiger partial charge on any atom is -0.493 e. The molecule has 0 bridgehead atoms. The Hall–Kier alpha value is -1.75. The fraction of sp³-hybridized carbons (Fsp3) is 0.417. The number of benzene rings is 1. The van der Waals surface area contributed by atoms with Gasteiger partial charge >= 0.3 is 5.97 Å². The van der Waals surface area contributed by atoms with E-state index in [9.17, 15) is 9.90 Å². The smallest absolute Gasteiger partial charge is 0.335 e. The first-order valence-corrected chi connectivity index (χ1v) is 5.09. The van der Waals surface area contributed by atoms with Gasteiger partial charge in [-0.2, -0.15) is 0 Å². The van der Waals surface area contributed by atoms with Crippen LogP contribution in [-0.4, -0.2) is 38.5 Å². The van der Waals surface area contributed by atoms with Crippen molar-refractivity contribution in [2.45, 2.75) is 12.5 Å². The van der Waals surface area contributed by atoms with Crippen LogP contribution in [0.2, 0.25) is 0 Å². The maximum absolute atomic E-state index is 11.1. The van der Waals surface area contributed by atoms with Gasteiger partial charge < -0.3 is 19.3 Å². The maximum Gasteiger partial charge on any atom is 0.335 e. The molecule has 0 spiro atoms. The lowest BCUT2D eigenvalue weighted by Gasteiger charge is -2.11. The summed E-state index contributed by atoms with van der Waals surface area (Å²) >= 11 is 0. The number of aliphatic hydroxyl groups excluding tert-OH is 1. The summed E-state index contributed by atoms with van der Waals surface area (Å²) in [6.45, 7) is 0. The molecule has 94 valence electrons. The minimum absolute atomic E-state index is 0.174. The normalized spacial score (nSPS) is 11.8. The molecule has 5 nitrogen and oxygen atoms in total. The Bertz CT molecular complexity index is 388. The van der Waals surface area contributed by atoms with Gasteiger partial charge in [-0.3, -0.25) is 0 Å². The van der Waals surface area contributed by atoms with Crippen LogP contribution in [0.5, 0.6) is 11.5 Å². The van der Waals surface area contributed by atoms with Crippen molar-refractivity contribution in [3.63, 3.8) is 0 Å². The Morgan fingerprint density at radius 2 is 1.88 bits per heavy atom. The zero-order valence-electron chi connectivity index (χ0n) is 10.1. The molecule has 0 aliphatic heterocycles. The van der Waals surface area contributed by atoms with Crippen LogP contribution in [0.3, 0.4) is 0 Å². The van der Waals surface area contributed by atoms with Crippen LogP contribution in [0, 0.1) is 0 Å². The SMILES string of the molecule is COC(=O)[C@H](O)Cc1ccc(OC)c(OC)c1. The van der Waals surface area contributed by atoms with Crippen LogP contribution < -0.4 is 9.47 Å². The lowest BCUT2D eigenvalue weighted by molar-refractivity contribution is -0.150. The van der Waals surface area contributed by atoms with Gasteiger partial charge in [0, 0.05) is 6.42 Å². The highest BCUT2D eigenvalue weighted by molar-refractivity contribution is 5.74. The quantitative estimate of drug-likeness (QED) is 0.770. The van der Waals surface area contributed by atoms with Crippen LogP contribution >= 0.6 is 0 Å². The highest BCUT2D eigenvalue weighted by Crippen LogP contribution is 2.27. The average molecular weight is 240 g/mol. The fourth-order valence-electron chi connectivity index (χ4n) is 1.45. The summed E-state index contributed by atoms with van der Waals surface area (Å²) in [6.07, 6.45) is -0.995. The molecule has 0 saturated carbocycles. The molecule has 17 heavy (non-hydrogen) atoms. The fourth-order valence-corrected chi connectivity index (χ4v) is 1.45. The molecule has 0 aliphatic carbocycles. The van der Waals surface area contributed by atoms with Crippen molar-refractivity contribution < 1.29 is 24.1 Å². The number of methoxy groups -OCH3 is 3. The Labute approximate surface area is 99.9 Å². The van der Waals surface area contributed by atoms with Crippen LogP contribution in [0.4, 0.5) is 0 Å². The molecule has 1 aromatic rings. The van der Waals surface area contributed by atoms with Crippen LogP contribution in [-0.2, 0) is 16.0 Å². The third kappa shape index (κ3) is 3.35. The van der Waals surface area contributed by atoms with Crippen molar-refractivity contribution in [1.29, 1.82) is 0 Å². The van der Waals surface area contributed by atoms with E-state index in [4.69, 9.17) is 9.47 Å². The van der Waals surface area contributed by atoms with Crippen LogP contribution in [0.1, 0.15) is 5.56 Å². The predicted octanol–water partition coefficient (Wildman–Crippen LogP) is 0.780. The number of hydrogen-bond acceptors (Lipinski definition) is 5. The van der Waals surface area contributed by atoms with E-state index < -0.39 is 12.1 Å². The van der Waals surface area contributed by atoms with Crippen LogP contribution in [0.25, 0.3) is 0 Å². The van der Waals surface area contributed by atoms with Gasteiger partial charge in [0.15, 0.2) is 17.6 Å². The summed E-state index contributed by atoms with van der Waals surface area (Å²) in [4.78, 5) is 11.1. The molecule has 1 rings (SSSR count). The number of hydrogen-bond donors (Lipinski definition) is 1. The first kappa shape index (κ1) is 13.3. The van der Waals surface area contributed by atoms with E-state index in [0.29, 0.717) is 11.5 Å². The second-order valence-electron chi connectivity index (χ2n) is 3.43. The van der Waals surface area contributed by atoms with Crippen molar-refractivity contribution in [1.82, 2.24) is 0 Å². The summed E-state index contributed by atoms with van der Waals surface area (Å²) in [5.74, 6) is 0.505. The van der Waals surface area contributed by atoms with Gasteiger partial charge in [-0.1, -0.05) is 6.07 Å². The highest BCUT2D eigenvalue weighted by atomic mass is 16.5. The largest absolute Gasteiger partial charge is 0.493 e. The minimum atomic E-state index is -1.17. The molecule has 0 unspecified atom stereocenters. The molecule has 0 fully saturated rings. The maximum atomic E-state index is 11.1. The van der Waals surface area contributed by atoms with Gasteiger partial charge in [-0.25, -0.2) is 4.79 Å². The predicted molar refractivity (Wildman–Crippen MR) is 61.3 cm³/mol. The number of ether oxygens (including phenoxy) is 3. The Balaban J connectivity index is 2.82. The van der Waals surface area contributed by atoms with E-state index in [1.165, 1.54) is 14.2 Å². The van der Waals surface area contributed by atoms with E-state index in [1.807, 2.05) is 0 Å². The topological polar surface area (TPSA) is 65.0 Å². The first-order chi connectivity index (χ1) is 8.12. The monoisotopic (exact) mass is 240 g/mol. The molecule has 1 atom stereocenters. The van der Waals surface area contributed by atoms with E-state index in [-0.39, 0.29) is 6.42 Å².